The summed E-state index contributed by atoms with van der Waals surface area (Å²) >= 11 is 0. The molecule has 1 aromatic rings. The highest BCUT2D eigenvalue weighted by molar-refractivity contribution is 5.31. The van der Waals surface area contributed by atoms with Gasteiger partial charge in [-0.05, 0) is 29.5 Å². The summed E-state index contributed by atoms with van der Waals surface area (Å²) in [5, 5.41) is 0. The van der Waals surface area contributed by atoms with Crippen molar-refractivity contribution in [2.75, 3.05) is 0 Å². The molecule has 0 saturated heterocycles. The van der Waals surface area contributed by atoms with Gasteiger partial charge in [0, 0.05) is 11.5 Å². The average Bonchev–Trinajstić information content (AvgIpc) is 2.33. The fraction of sp³-hybridized carbons (Fsp3) is 0.667. The zero-order chi connectivity index (χ0) is 15.6. The van der Waals surface area contributed by atoms with Crippen molar-refractivity contribution in [2.24, 2.45) is 11.1 Å². The molecule has 2 nitrogen and oxygen atoms in total. The zero-order valence-electron chi connectivity index (χ0n) is 14.2. The van der Waals surface area contributed by atoms with Gasteiger partial charge in [0.2, 0.25) is 0 Å². The predicted molar refractivity (Wildman–Crippen MR) is 87.3 cm³/mol. The van der Waals surface area contributed by atoms with Crippen molar-refractivity contribution < 1.29 is 4.74 Å². The van der Waals surface area contributed by atoms with E-state index in [1.54, 1.807) is 0 Å². The van der Waals surface area contributed by atoms with Gasteiger partial charge in [-0.15, -0.1) is 0 Å². The number of rotatable bonds is 4. The number of nitrogens with two attached hydrogens (primary N) is 1. The second-order valence-electron chi connectivity index (χ2n) is 7.75. The molecule has 1 rings (SSSR count). The first-order valence-corrected chi connectivity index (χ1v) is 7.58. The van der Waals surface area contributed by atoms with Crippen LogP contribution in [0.5, 0.6) is 5.75 Å². The Kier molecular flexibility index (Phi) is 5.26. The molecule has 0 saturated carbocycles. The molecule has 0 bridgehead atoms. The van der Waals surface area contributed by atoms with Crippen molar-refractivity contribution in [1.29, 1.82) is 0 Å². The molecule has 2 heteroatoms. The molecule has 2 atom stereocenters. The van der Waals surface area contributed by atoms with Crippen molar-refractivity contribution in [1.82, 2.24) is 0 Å². The topological polar surface area (TPSA) is 35.2 Å². The first-order chi connectivity index (χ1) is 9.05. The molecule has 114 valence electrons. The van der Waals surface area contributed by atoms with Crippen LogP contribution in [0.4, 0.5) is 0 Å². The fourth-order valence-electron chi connectivity index (χ4n) is 2.30. The molecule has 0 heterocycles. The summed E-state index contributed by atoms with van der Waals surface area (Å²) in [6, 6.07) is 8.46. The predicted octanol–water partition coefficient (Wildman–Crippen LogP) is 4.51. The van der Waals surface area contributed by atoms with Gasteiger partial charge < -0.3 is 10.5 Å². The Labute approximate surface area is 124 Å². The third kappa shape index (κ3) is 4.52. The first-order valence-electron chi connectivity index (χ1n) is 7.58. The van der Waals surface area contributed by atoms with E-state index in [1.807, 2.05) is 0 Å². The van der Waals surface area contributed by atoms with Crippen LogP contribution in [0.1, 0.15) is 60.5 Å². The largest absolute Gasteiger partial charge is 0.488 e. The Balaban J connectivity index is 2.90. The standard InChI is InChI=1S/C18H31NO/c1-8-15(19)16(18(5,6)7)20-14-11-9-13(10-12-14)17(2,3)4/h9-12,15-16H,8,19H2,1-7H3. The summed E-state index contributed by atoms with van der Waals surface area (Å²) in [7, 11) is 0. The summed E-state index contributed by atoms with van der Waals surface area (Å²) in [6.07, 6.45) is 0.940. The van der Waals surface area contributed by atoms with E-state index >= 15 is 0 Å². The van der Waals surface area contributed by atoms with Gasteiger partial charge in [-0.1, -0.05) is 60.6 Å². The molecule has 0 fully saturated rings. The maximum atomic E-state index is 6.23. The zero-order valence-corrected chi connectivity index (χ0v) is 14.2. The Bertz CT molecular complexity index is 409. The molecule has 0 aliphatic carbocycles. The van der Waals surface area contributed by atoms with Crippen LogP contribution in [-0.4, -0.2) is 12.1 Å². The van der Waals surface area contributed by atoms with Crippen molar-refractivity contribution in [3.8, 4) is 5.75 Å². The van der Waals surface area contributed by atoms with E-state index < -0.39 is 0 Å². The highest BCUT2D eigenvalue weighted by atomic mass is 16.5. The van der Waals surface area contributed by atoms with Gasteiger partial charge in [0.05, 0.1) is 0 Å². The molecule has 0 radical (unpaired) electrons. The lowest BCUT2D eigenvalue weighted by atomic mass is 9.83. The number of benzene rings is 1. The Morgan fingerprint density at radius 1 is 1.00 bits per heavy atom. The lowest BCUT2D eigenvalue weighted by molar-refractivity contribution is 0.0621. The van der Waals surface area contributed by atoms with E-state index in [4.69, 9.17) is 10.5 Å². The SMILES string of the molecule is CCC(N)C(Oc1ccc(C(C)(C)C)cc1)C(C)(C)C. The van der Waals surface area contributed by atoms with Crippen molar-refractivity contribution in [3.63, 3.8) is 0 Å². The van der Waals surface area contributed by atoms with E-state index in [9.17, 15) is 0 Å². The smallest absolute Gasteiger partial charge is 0.119 e. The third-order valence-electron chi connectivity index (χ3n) is 3.70. The van der Waals surface area contributed by atoms with Crippen LogP contribution in [0.25, 0.3) is 0 Å². The summed E-state index contributed by atoms with van der Waals surface area (Å²) in [5.74, 6) is 0.904. The normalized spacial score (nSPS) is 15.8. The first kappa shape index (κ1) is 17.0. The molecule has 0 spiro atoms. The maximum absolute atomic E-state index is 6.23. The van der Waals surface area contributed by atoms with Crippen molar-refractivity contribution >= 4 is 0 Å². The van der Waals surface area contributed by atoms with Gasteiger partial charge in [0.15, 0.2) is 0 Å². The van der Waals surface area contributed by atoms with Crippen LogP contribution in [0.15, 0.2) is 24.3 Å². The molecular weight excluding hydrogens is 246 g/mol. The van der Waals surface area contributed by atoms with Gasteiger partial charge in [-0.3, -0.25) is 0 Å². The second-order valence-corrected chi connectivity index (χ2v) is 7.75. The summed E-state index contributed by atoms with van der Waals surface area (Å²) < 4.78 is 6.17. The van der Waals surface area contributed by atoms with Gasteiger partial charge in [-0.25, -0.2) is 0 Å². The third-order valence-corrected chi connectivity index (χ3v) is 3.70. The average molecular weight is 277 g/mol. The Hall–Kier alpha value is -1.02. The molecular formula is C18H31NO. The van der Waals surface area contributed by atoms with Crippen LogP contribution in [-0.2, 0) is 5.41 Å². The van der Waals surface area contributed by atoms with Gasteiger partial charge in [0.1, 0.15) is 11.9 Å². The fourth-order valence-corrected chi connectivity index (χ4v) is 2.30. The van der Waals surface area contributed by atoms with Gasteiger partial charge >= 0.3 is 0 Å². The maximum Gasteiger partial charge on any atom is 0.119 e. The van der Waals surface area contributed by atoms with Crippen LogP contribution in [0.3, 0.4) is 0 Å². The minimum atomic E-state index is 0.0213. The van der Waals surface area contributed by atoms with E-state index in [1.165, 1.54) is 5.56 Å². The molecule has 0 aliphatic rings. The molecule has 2 unspecified atom stereocenters. The molecule has 2 N–H and O–H groups in total. The highest BCUT2D eigenvalue weighted by Gasteiger charge is 2.31. The van der Waals surface area contributed by atoms with Gasteiger partial charge in [-0.2, -0.15) is 0 Å². The number of hydrogen-bond acceptors (Lipinski definition) is 2. The van der Waals surface area contributed by atoms with E-state index in [2.05, 4.69) is 72.7 Å². The van der Waals surface area contributed by atoms with Crippen molar-refractivity contribution in [2.45, 2.75) is 72.4 Å². The Morgan fingerprint density at radius 3 is 1.85 bits per heavy atom. The molecule has 20 heavy (non-hydrogen) atoms. The van der Waals surface area contributed by atoms with Crippen LogP contribution < -0.4 is 10.5 Å². The minimum Gasteiger partial charge on any atom is -0.488 e. The van der Waals surface area contributed by atoms with Crippen LogP contribution in [0.2, 0.25) is 0 Å². The lowest BCUT2D eigenvalue weighted by Gasteiger charge is -2.35. The van der Waals surface area contributed by atoms with E-state index in [0.717, 1.165) is 12.2 Å². The van der Waals surface area contributed by atoms with Gasteiger partial charge in [0.25, 0.3) is 0 Å². The monoisotopic (exact) mass is 277 g/mol. The molecule has 0 aliphatic heterocycles. The molecule has 1 aromatic carbocycles. The second kappa shape index (κ2) is 6.17. The minimum absolute atomic E-state index is 0.0213. The highest BCUT2D eigenvalue weighted by Crippen LogP contribution is 2.29. The quantitative estimate of drug-likeness (QED) is 0.878. The molecule has 0 aromatic heterocycles. The molecule has 0 amide bonds. The van der Waals surface area contributed by atoms with Crippen LogP contribution in [0, 0.1) is 5.41 Å². The van der Waals surface area contributed by atoms with E-state index in [-0.39, 0.29) is 23.0 Å². The Morgan fingerprint density at radius 2 is 1.50 bits per heavy atom. The summed E-state index contributed by atoms with van der Waals surface area (Å²) in [4.78, 5) is 0. The lowest BCUT2D eigenvalue weighted by Crippen LogP contribution is -2.47. The summed E-state index contributed by atoms with van der Waals surface area (Å²) in [6.45, 7) is 15.3. The number of ether oxygens (including phenoxy) is 1. The summed E-state index contributed by atoms with van der Waals surface area (Å²) in [5.41, 5.74) is 7.74. The number of hydrogen-bond donors (Lipinski definition) is 1. The van der Waals surface area contributed by atoms with E-state index in [0.29, 0.717) is 0 Å². The van der Waals surface area contributed by atoms with Crippen molar-refractivity contribution in [3.05, 3.63) is 29.8 Å². The van der Waals surface area contributed by atoms with Crippen LogP contribution >= 0.6 is 0 Å².